The van der Waals surface area contributed by atoms with Gasteiger partial charge in [0.05, 0.1) is 13.7 Å². The second kappa shape index (κ2) is 8.25. The lowest BCUT2D eigenvalue weighted by atomic mass is 10.5. The molecule has 80 valence electrons. The van der Waals surface area contributed by atoms with Crippen molar-refractivity contribution in [2.75, 3.05) is 26.9 Å². The second-order valence-corrected chi connectivity index (χ2v) is 2.22. The molecule has 0 aromatic carbocycles. The van der Waals surface area contributed by atoms with Gasteiger partial charge in [-0.1, -0.05) is 0 Å². The van der Waals surface area contributed by atoms with Crippen LogP contribution in [0.2, 0.25) is 0 Å². The summed E-state index contributed by atoms with van der Waals surface area (Å²) in [6.07, 6.45) is 2.01. The maximum atomic E-state index is 10.9. The molecule has 0 bridgehead atoms. The highest BCUT2D eigenvalue weighted by Crippen LogP contribution is 1.84. The number of hydrogen-bond donors (Lipinski definition) is 0. The summed E-state index contributed by atoms with van der Waals surface area (Å²) in [6, 6.07) is 0. The summed E-state index contributed by atoms with van der Waals surface area (Å²) in [7, 11) is 1.23. The standard InChI is InChI=1S/C9H14O5/c1-3-13-6-7-14-9(11)5-4-8(10)12-2/h4-5H,3,6-7H2,1-2H3/b5-4-. The normalized spacial score (nSPS) is 10.1. The van der Waals surface area contributed by atoms with Crippen molar-refractivity contribution in [2.45, 2.75) is 6.92 Å². The summed E-state index contributed by atoms with van der Waals surface area (Å²) in [4.78, 5) is 21.4. The molecule has 5 heteroatoms. The Labute approximate surface area is 82.6 Å². The average molecular weight is 202 g/mol. The van der Waals surface area contributed by atoms with Gasteiger partial charge in [-0.2, -0.15) is 0 Å². The van der Waals surface area contributed by atoms with E-state index in [0.717, 1.165) is 12.2 Å². The number of carbonyl (C=O) groups excluding carboxylic acids is 2. The van der Waals surface area contributed by atoms with E-state index in [1.165, 1.54) is 7.11 Å². The molecule has 0 heterocycles. The molecule has 0 aliphatic carbocycles. The zero-order valence-electron chi connectivity index (χ0n) is 8.32. The largest absolute Gasteiger partial charge is 0.466 e. The van der Waals surface area contributed by atoms with Crippen molar-refractivity contribution in [3.05, 3.63) is 12.2 Å². The molecule has 0 saturated carbocycles. The van der Waals surface area contributed by atoms with E-state index < -0.39 is 11.9 Å². The van der Waals surface area contributed by atoms with Crippen LogP contribution in [-0.4, -0.2) is 38.9 Å². The molecule has 0 N–H and O–H groups in total. The lowest BCUT2D eigenvalue weighted by Crippen LogP contribution is -2.08. The van der Waals surface area contributed by atoms with E-state index in [2.05, 4.69) is 9.47 Å². The minimum atomic E-state index is -0.591. The minimum absolute atomic E-state index is 0.179. The Balaban J connectivity index is 3.55. The molecule has 0 aromatic heterocycles. The first-order valence-electron chi connectivity index (χ1n) is 4.21. The van der Waals surface area contributed by atoms with Crippen LogP contribution in [0.25, 0.3) is 0 Å². The van der Waals surface area contributed by atoms with Gasteiger partial charge in [-0.25, -0.2) is 9.59 Å². The van der Waals surface area contributed by atoms with E-state index >= 15 is 0 Å². The van der Waals surface area contributed by atoms with Crippen molar-refractivity contribution in [3.8, 4) is 0 Å². The third-order valence-electron chi connectivity index (χ3n) is 1.23. The van der Waals surface area contributed by atoms with E-state index in [0.29, 0.717) is 13.2 Å². The minimum Gasteiger partial charge on any atom is -0.466 e. The van der Waals surface area contributed by atoms with E-state index in [9.17, 15) is 9.59 Å². The SMILES string of the molecule is CCOCCOC(=O)/C=C\C(=O)OC. The molecule has 0 aliphatic heterocycles. The molecule has 0 saturated heterocycles. The van der Waals surface area contributed by atoms with Crippen LogP contribution >= 0.6 is 0 Å². The van der Waals surface area contributed by atoms with E-state index in [-0.39, 0.29) is 6.61 Å². The topological polar surface area (TPSA) is 61.8 Å². The fourth-order valence-corrected chi connectivity index (χ4v) is 0.598. The number of methoxy groups -OCH3 is 1. The molecule has 0 spiro atoms. The van der Waals surface area contributed by atoms with Gasteiger partial charge in [0.15, 0.2) is 0 Å². The molecule has 0 aromatic rings. The van der Waals surface area contributed by atoms with Crippen LogP contribution in [0.1, 0.15) is 6.92 Å². The Morgan fingerprint density at radius 2 is 1.79 bits per heavy atom. The predicted molar refractivity (Wildman–Crippen MR) is 48.6 cm³/mol. The summed E-state index contributed by atoms with van der Waals surface area (Å²) < 4.78 is 13.9. The van der Waals surface area contributed by atoms with Crippen molar-refractivity contribution in [2.24, 2.45) is 0 Å². The highest BCUT2D eigenvalue weighted by Gasteiger charge is 1.98. The molecule has 0 fully saturated rings. The molecule has 0 radical (unpaired) electrons. The quantitative estimate of drug-likeness (QED) is 0.352. The molecule has 5 nitrogen and oxygen atoms in total. The van der Waals surface area contributed by atoms with Gasteiger partial charge in [0, 0.05) is 18.8 Å². The maximum absolute atomic E-state index is 10.9. The molecule has 0 unspecified atom stereocenters. The fraction of sp³-hybridized carbons (Fsp3) is 0.556. The molecule has 14 heavy (non-hydrogen) atoms. The Hall–Kier alpha value is -1.36. The van der Waals surface area contributed by atoms with Crippen LogP contribution < -0.4 is 0 Å². The highest BCUT2D eigenvalue weighted by molar-refractivity contribution is 5.91. The van der Waals surface area contributed by atoms with E-state index in [1.54, 1.807) is 0 Å². The summed E-state index contributed by atoms with van der Waals surface area (Å²) >= 11 is 0. The van der Waals surface area contributed by atoms with Gasteiger partial charge in [0.1, 0.15) is 6.61 Å². The summed E-state index contributed by atoms with van der Waals surface area (Å²) in [6.45, 7) is 2.96. The molecule has 0 amide bonds. The molecule has 0 atom stereocenters. The zero-order chi connectivity index (χ0) is 10.8. The first kappa shape index (κ1) is 12.6. The Kier molecular flexibility index (Phi) is 7.45. The first-order valence-corrected chi connectivity index (χ1v) is 4.21. The van der Waals surface area contributed by atoms with Gasteiger partial charge in [0.2, 0.25) is 0 Å². The first-order chi connectivity index (χ1) is 6.70. The number of ether oxygens (including phenoxy) is 3. The molecular formula is C9H14O5. The van der Waals surface area contributed by atoms with Crippen LogP contribution in [0.5, 0.6) is 0 Å². The highest BCUT2D eigenvalue weighted by atomic mass is 16.6. The monoisotopic (exact) mass is 202 g/mol. The Morgan fingerprint density at radius 3 is 2.36 bits per heavy atom. The average Bonchev–Trinajstić information content (AvgIpc) is 2.21. The van der Waals surface area contributed by atoms with Gasteiger partial charge >= 0.3 is 11.9 Å². The van der Waals surface area contributed by atoms with Crippen LogP contribution in [0, 0.1) is 0 Å². The summed E-state index contributed by atoms with van der Waals surface area (Å²) in [5.74, 6) is -1.18. The Bertz CT molecular complexity index is 209. The van der Waals surface area contributed by atoms with Crippen molar-refractivity contribution in [1.82, 2.24) is 0 Å². The van der Waals surface area contributed by atoms with Gasteiger partial charge < -0.3 is 14.2 Å². The van der Waals surface area contributed by atoms with Crippen molar-refractivity contribution < 1.29 is 23.8 Å². The number of esters is 2. The van der Waals surface area contributed by atoms with Crippen molar-refractivity contribution in [1.29, 1.82) is 0 Å². The van der Waals surface area contributed by atoms with Crippen LogP contribution in [0.3, 0.4) is 0 Å². The van der Waals surface area contributed by atoms with Crippen molar-refractivity contribution in [3.63, 3.8) is 0 Å². The van der Waals surface area contributed by atoms with Crippen LogP contribution in [0.15, 0.2) is 12.2 Å². The van der Waals surface area contributed by atoms with Gasteiger partial charge in [-0.05, 0) is 6.92 Å². The number of carbonyl (C=O) groups is 2. The molecular weight excluding hydrogens is 188 g/mol. The number of hydrogen-bond acceptors (Lipinski definition) is 5. The number of rotatable bonds is 6. The van der Waals surface area contributed by atoms with Gasteiger partial charge in [-0.3, -0.25) is 0 Å². The third kappa shape index (κ3) is 7.30. The predicted octanol–water partition coefficient (Wildman–Crippen LogP) is 0.295. The van der Waals surface area contributed by atoms with E-state index in [1.807, 2.05) is 6.92 Å². The van der Waals surface area contributed by atoms with Crippen LogP contribution in [-0.2, 0) is 23.8 Å². The van der Waals surface area contributed by atoms with E-state index in [4.69, 9.17) is 4.74 Å². The van der Waals surface area contributed by atoms with Gasteiger partial charge in [-0.15, -0.1) is 0 Å². The smallest absolute Gasteiger partial charge is 0.331 e. The zero-order valence-corrected chi connectivity index (χ0v) is 8.32. The lowest BCUT2D eigenvalue weighted by Gasteiger charge is -2.01. The molecule has 0 rings (SSSR count). The van der Waals surface area contributed by atoms with Crippen molar-refractivity contribution >= 4 is 11.9 Å². The third-order valence-corrected chi connectivity index (χ3v) is 1.23. The summed E-state index contributed by atoms with van der Waals surface area (Å²) in [5.41, 5.74) is 0. The molecule has 0 aliphatic rings. The summed E-state index contributed by atoms with van der Waals surface area (Å²) in [5, 5.41) is 0. The Morgan fingerprint density at radius 1 is 1.14 bits per heavy atom. The lowest BCUT2D eigenvalue weighted by molar-refractivity contribution is -0.140. The van der Waals surface area contributed by atoms with Crippen LogP contribution in [0.4, 0.5) is 0 Å². The maximum Gasteiger partial charge on any atom is 0.331 e. The fourth-order valence-electron chi connectivity index (χ4n) is 0.598. The second-order valence-electron chi connectivity index (χ2n) is 2.22. The van der Waals surface area contributed by atoms with Gasteiger partial charge in [0.25, 0.3) is 0 Å².